The number of halogens is 1. The van der Waals surface area contributed by atoms with Gasteiger partial charge in [0.2, 0.25) is 5.91 Å². The first-order valence-corrected chi connectivity index (χ1v) is 9.82. The summed E-state index contributed by atoms with van der Waals surface area (Å²) in [6, 6.07) is 16.5. The van der Waals surface area contributed by atoms with Crippen LogP contribution in [0.1, 0.15) is 20.8 Å². The summed E-state index contributed by atoms with van der Waals surface area (Å²) in [6.07, 6.45) is 0. The van der Waals surface area contributed by atoms with Gasteiger partial charge in [-0.3, -0.25) is 4.79 Å². The molecule has 0 fully saturated rings. The van der Waals surface area contributed by atoms with Gasteiger partial charge in [0.1, 0.15) is 0 Å². The first kappa shape index (κ1) is 18.9. The molecule has 0 atom stereocenters. The van der Waals surface area contributed by atoms with Gasteiger partial charge in [-0.25, -0.2) is 0 Å². The molecule has 0 bridgehead atoms. The summed E-state index contributed by atoms with van der Waals surface area (Å²) in [5, 5.41) is 2.95. The largest absolute Gasteiger partial charge is 0.369 e. The van der Waals surface area contributed by atoms with Crippen LogP contribution in [0.25, 0.3) is 0 Å². The lowest BCUT2D eigenvalue weighted by molar-refractivity contribution is -0.113. The highest BCUT2D eigenvalue weighted by Gasteiger charge is 2.09. The number of anilines is 2. The summed E-state index contributed by atoms with van der Waals surface area (Å²) >= 11 is 4.94. The van der Waals surface area contributed by atoms with Gasteiger partial charge >= 0.3 is 0 Å². The van der Waals surface area contributed by atoms with Crippen LogP contribution in [0, 0.1) is 0 Å². The van der Waals surface area contributed by atoms with Gasteiger partial charge in [-0.1, -0.05) is 15.9 Å². The number of carbonyl (C=O) groups excluding carboxylic acids is 1. The van der Waals surface area contributed by atoms with Gasteiger partial charge in [-0.2, -0.15) is 0 Å². The van der Waals surface area contributed by atoms with Crippen molar-refractivity contribution in [3.63, 3.8) is 0 Å². The van der Waals surface area contributed by atoms with Crippen LogP contribution in [0.5, 0.6) is 0 Å². The van der Waals surface area contributed by atoms with Gasteiger partial charge in [0.25, 0.3) is 0 Å². The van der Waals surface area contributed by atoms with Crippen molar-refractivity contribution in [2.45, 2.75) is 31.7 Å². The third-order valence-corrected chi connectivity index (χ3v) is 5.17. The van der Waals surface area contributed by atoms with Gasteiger partial charge in [0, 0.05) is 33.3 Å². The molecule has 0 heterocycles. The van der Waals surface area contributed by atoms with Crippen molar-refractivity contribution < 1.29 is 4.79 Å². The second-order valence-electron chi connectivity index (χ2n) is 5.72. The molecule has 1 amide bonds. The average molecular weight is 407 g/mol. The number of hydrogen-bond acceptors (Lipinski definition) is 3. The van der Waals surface area contributed by atoms with Crippen molar-refractivity contribution in [1.82, 2.24) is 0 Å². The Morgan fingerprint density at radius 2 is 1.75 bits per heavy atom. The molecule has 0 saturated carbocycles. The maximum absolute atomic E-state index is 12.1. The molecule has 0 spiro atoms. The number of hydrogen-bond donors (Lipinski definition) is 1. The van der Waals surface area contributed by atoms with Crippen LogP contribution in [0.3, 0.4) is 0 Å². The second kappa shape index (κ2) is 9.14. The number of benzene rings is 2. The number of rotatable bonds is 7. The third kappa shape index (κ3) is 5.56. The van der Waals surface area contributed by atoms with Gasteiger partial charge in [0.15, 0.2) is 0 Å². The smallest absolute Gasteiger partial charge is 0.234 e. The van der Waals surface area contributed by atoms with E-state index in [1.165, 1.54) is 17.4 Å². The van der Waals surface area contributed by atoms with Crippen LogP contribution < -0.4 is 10.2 Å². The number of carbonyl (C=O) groups is 1. The van der Waals surface area contributed by atoms with E-state index in [4.69, 9.17) is 0 Å². The van der Waals surface area contributed by atoms with E-state index in [0.717, 1.165) is 21.6 Å². The van der Waals surface area contributed by atoms with Crippen molar-refractivity contribution in [2.24, 2.45) is 0 Å². The molecule has 0 radical (unpaired) electrons. The van der Waals surface area contributed by atoms with Crippen LogP contribution in [-0.4, -0.2) is 24.2 Å². The quantitative estimate of drug-likeness (QED) is 0.623. The Morgan fingerprint density at radius 1 is 1.12 bits per heavy atom. The van der Waals surface area contributed by atoms with E-state index in [-0.39, 0.29) is 5.91 Å². The topological polar surface area (TPSA) is 32.3 Å². The standard InChI is InChI=1S/C19H23BrN2OS/c1-4-22(14(2)3)17-9-7-16(8-10-17)21-19(23)13-24-18-11-5-15(20)6-12-18/h5-12,14H,4,13H2,1-3H3,(H,21,23). The summed E-state index contributed by atoms with van der Waals surface area (Å²) < 4.78 is 1.04. The summed E-state index contributed by atoms with van der Waals surface area (Å²) in [5.41, 5.74) is 2.01. The van der Waals surface area contributed by atoms with E-state index in [2.05, 4.69) is 59.1 Å². The Kier molecular flexibility index (Phi) is 7.18. The maximum atomic E-state index is 12.1. The Morgan fingerprint density at radius 3 is 2.29 bits per heavy atom. The van der Waals surface area contributed by atoms with Crippen LogP contribution in [0.2, 0.25) is 0 Å². The first-order chi connectivity index (χ1) is 11.5. The zero-order chi connectivity index (χ0) is 17.5. The molecule has 0 aliphatic heterocycles. The highest BCUT2D eigenvalue weighted by atomic mass is 79.9. The molecule has 0 unspecified atom stereocenters. The van der Waals surface area contributed by atoms with Gasteiger partial charge in [0.05, 0.1) is 5.75 Å². The Hall–Kier alpha value is -1.46. The fraction of sp³-hybridized carbons (Fsp3) is 0.316. The van der Waals surface area contributed by atoms with Crippen molar-refractivity contribution in [3.8, 4) is 0 Å². The lowest BCUT2D eigenvalue weighted by Gasteiger charge is -2.27. The monoisotopic (exact) mass is 406 g/mol. The maximum Gasteiger partial charge on any atom is 0.234 e. The van der Waals surface area contributed by atoms with E-state index in [9.17, 15) is 4.79 Å². The minimum absolute atomic E-state index is 0.00637. The van der Waals surface area contributed by atoms with Gasteiger partial charge in [-0.15, -0.1) is 11.8 Å². The molecule has 128 valence electrons. The number of nitrogens with zero attached hydrogens (tertiary/aromatic N) is 1. The van der Waals surface area contributed by atoms with Crippen molar-refractivity contribution in [1.29, 1.82) is 0 Å². The van der Waals surface area contributed by atoms with Crippen molar-refractivity contribution in [3.05, 3.63) is 53.0 Å². The zero-order valence-corrected chi connectivity index (χ0v) is 16.7. The molecule has 24 heavy (non-hydrogen) atoms. The van der Waals surface area contributed by atoms with Crippen LogP contribution >= 0.6 is 27.7 Å². The molecule has 5 heteroatoms. The summed E-state index contributed by atoms with van der Waals surface area (Å²) in [6.45, 7) is 7.47. The van der Waals surface area contributed by atoms with E-state index < -0.39 is 0 Å². The summed E-state index contributed by atoms with van der Waals surface area (Å²) in [4.78, 5) is 15.5. The lowest BCUT2D eigenvalue weighted by atomic mass is 10.2. The molecule has 0 aromatic heterocycles. The van der Waals surface area contributed by atoms with E-state index in [1.807, 2.05) is 36.4 Å². The highest BCUT2D eigenvalue weighted by Crippen LogP contribution is 2.22. The molecule has 1 N–H and O–H groups in total. The van der Waals surface area contributed by atoms with Gasteiger partial charge in [-0.05, 0) is 69.3 Å². The van der Waals surface area contributed by atoms with Crippen molar-refractivity contribution in [2.75, 3.05) is 22.5 Å². The molecule has 0 aliphatic rings. The molecule has 2 rings (SSSR count). The first-order valence-electron chi connectivity index (χ1n) is 8.04. The van der Waals surface area contributed by atoms with Crippen molar-refractivity contribution >= 4 is 45.0 Å². The number of nitrogens with one attached hydrogen (secondary N) is 1. The van der Waals surface area contributed by atoms with Gasteiger partial charge < -0.3 is 10.2 Å². The Bertz CT molecular complexity index is 656. The highest BCUT2D eigenvalue weighted by molar-refractivity contribution is 9.10. The second-order valence-corrected chi connectivity index (χ2v) is 7.68. The summed E-state index contributed by atoms with van der Waals surface area (Å²) in [5.74, 6) is 0.406. The van der Waals surface area contributed by atoms with Crippen LogP contribution in [-0.2, 0) is 4.79 Å². The summed E-state index contributed by atoms with van der Waals surface area (Å²) in [7, 11) is 0. The fourth-order valence-corrected chi connectivity index (χ4v) is 3.42. The molecular formula is C19H23BrN2OS. The third-order valence-electron chi connectivity index (χ3n) is 3.63. The Balaban J connectivity index is 1.88. The SMILES string of the molecule is CCN(c1ccc(NC(=O)CSc2ccc(Br)cc2)cc1)C(C)C. The molecule has 2 aromatic rings. The van der Waals surface area contributed by atoms with Crippen LogP contribution in [0.4, 0.5) is 11.4 Å². The predicted molar refractivity (Wildman–Crippen MR) is 108 cm³/mol. The predicted octanol–water partition coefficient (Wildman–Crippen LogP) is 5.41. The van der Waals surface area contributed by atoms with E-state index in [0.29, 0.717) is 11.8 Å². The number of thioether (sulfide) groups is 1. The van der Waals surface area contributed by atoms with E-state index >= 15 is 0 Å². The normalized spacial score (nSPS) is 10.7. The van der Waals surface area contributed by atoms with E-state index in [1.54, 1.807) is 0 Å². The lowest BCUT2D eigenvalue weighted by Crippen LogP contribution is -2.30. The Labute approximate surface area is 157 Å². The molecule has 0 aliphatic carbocycles. The molecule has 3 nitrogen and oxygen atoms in total. The minimum Gasteiger partial charge on any atom is -0.369 e. The minimum atomic E-state index is 0.00637. The average Bonchev–Trinajstić information content (AvgIpc) is 2.56. The molecule has 0 saturated heterocycles. The molecular weight excluding hydrogens is 384 g/mol. The zero-order valence-electron chi connectivity index (χ0n) is 14.3. The number of amides is 1. The fourth-order valence-electron chi connectivity index (χ4n) is 2.46. The van der Waals surface area contributed by atoms with Crippen LogP contribution in [0.15, 0.2) is 57.9 Å². The molecule has 2 aromatic carbocycles.